The van der Waals surface area contributed by atoms with Crippen molar-refractivity contribution in [2.75, 3.05) is 0 Å². The van der Waals surface area contributed by atoms with Crippen LogP contribution >= 0.6 is 12.2 Å². The Labute approximate surface area is 125 Å². The van der Waals surface area contributed by atoms with Gasteiger partial charge in [-0.2, -0.15) is 13.2 Å². The first-order chi connectivity index (χ1) is 9.77. The van der Waals surface area contributed by atoms with Gasteiger partial charge in [-0.05, 0) is 24.5 Å². The van der Waals surface area contributed by atoms with Gasteiger partial charge in [0.2, 0.25) is 5.91 Å². The number of halogens is 3. The highest BCUT2D eigenvalue weighted by Crippen LogP contribution is 2.41. The summed E-state index contributed by atoms with van der Waals surface area (Å²) < 4.78 is 38.6. The second-order valence-corrected chi connectivity index (χ2v) is 5.58. The van der Waals surface area contributed by atoms with Crippen LogP contribution in [0, 0.1) is 5.41 Å². The first kappa shape index (κ1) is 15.8. The quantitative estimate of drug-likeness (QED) is 0.840. The van der Waals surface area contributed by atoms with Crippen molar-refractivity contribution in [1.82, 2.24) is 5.32 Å². The largest absolute Gasteiger partial charge is 0.416 e. The zero-order chi connectivity index (χ0) is 15.7. The minimum atomic E-state index is -4.45. The maximum absolute atomic E-state index is 12.9. The third-order valence-electron chi connectivity index (χ3n) is 3.88. The highest BCUT2D eigenvalue weighted by atomic mass is 32.1. The van der Waals surface area contributed by atoms with Crippen molar-refractivity contribution in [2.24, 2.45) is 11.1 Å². The van der Waals surface area contributed by atoms with Crippen molar-refractivity contribution in [3.63, 3.8) is 0 Å². The molecule has 1 aliphatic rings. The average Bonchev–Trinajstić information content (AvgIpc) is 2.33. The maximum atomic E-state index is 12.9. The number of thiocarbonyl (C=S) groups is 1. The lowest BCUT2D eigenvalue weighted by Gasteiger charge is -2.39. The summed E-state index contributed by atoms with van der Waals surface area (Å²) >= 11 is 4.91. The van der Waals surface area contributed by atoms with E-state index < -0.39 is 23.1 Å². The van der Waals surface area contributed by atoms with E-state index in [4.69, 9.17) is 18.0 Å². The predicted octanol–water partition coefficient (Wildman–Crippen LogP) is 2.78. The zero-order valence-corrected chi connectivity index (χ0v) is 12.0. The van der Waals surface area contributed by atoms with Crippen molar-refractivity contribution in [1.29, 1.82) is 0 Å². The van der Waals surface area contributed by atoms with Crippen molar-refractivity contribution in [3.05, 3.63) is 35.4 Å². The monoisotopic (exact) mass is 316 g/mol. The van der Waals surface area contributed by atoms with Crippen LogP contribution in [-0.2, 0) is 17.5 Å². The molecule has 0 radical (unpaired) electrons. The van der Waals surface area contributed by atoms with Gasteiger partial charge in [0.1, 0.15) is 0 Å². The molecule has 0 spiro atoms. The van der Waals surface area contributed by atoms with E-state index in [1.54, 1.807) is 0 Å². The number of nitrogens with two attached hydrogens (primary N) is 1. The standard InChI is InChI=1S/C14H15F3N2OS/c15-14(16,17)10-5-2-1-4-9(10)8-19-12(20)13(11(18)21)6-3-7-13/h1-2,4-5H,3,6-8H2,(H2,18,21)(H,19,20). The molecule has 3 nitrogen and oxygen atoms in total. The third-order valence-corrected chi connectivity index (χ3v) is 4.27. The van der Waals surface area contributed by atoms with E-state index in [9.17, 15) is 18.0 Å². The molecule has 0 aliphatic heterocycles. The molecule has 0 saturated heterocycles. The Bertz CT molecular complexity index is 568. The molecule has 1 aromatic carbocycles. The molecule has 0 aromatic heterocycles. The number of hydrogen-bond acceptors (Lipinski definition) is 2. The van der Waals surface area contributed by atoms with E-state index in [2.05, 4.69) is 5.32 Å². The van der Waals surface area contributed by atoms with Gasteiger partial charge in [-0.15, -0.1) is 0 Å². The van der Waals surface area contributed by atoms with Crippen LogP contribution < -0.4 is 11.1 Å². The lowest BCUT2D eigenvalue weighted by Crippen LogP contribution is -2.53. The van der Waals surface area contributed by atoms with Gasteiger partial charge in [-0.3, -0.25) is 4.79 Å². The normalized spacial score (nSPS) is 16.9. The van der Waals surface area contributed by atoms with Crippen LogP contribution in [0.4, 0.5) is 13.2 Å². The molecule has 114 valence electrons. The number of alkyl halides is 3. The minimum Gasteiger partial charge on any atom is -0.392 e. The molecule has 3 N–H and O–H groups in total. The van der Waals surface area contributed by atoms with Crippen molar-refractivity contribution >= 4 is 23.1 Å². The fourth-order valence-electron chi connectivity index (χ4n) is 2.41. The Hall–Kier alpha value is -1.63. The Balaban J connectivity index is 2.11. The molecule has 1 fully saturated rings. The predicted molar refractivity (Wildman–Crippen MR) is 76.4 cm³/mol. The molecule has 2 rings (SSSR count). The van der Waals surface area contributed by atoms with E-state index in [0.29, 0.717) is 12.8 Å². The first-order valence-corrected chi connectivity index (χ1v) is 6.91. The Morgan fingerprint density at radius 3 is 2.43 bits per heavy atom. The summed E-state index contributed by atoms with van der Waals surface area (Å²) in [4.78, 5) is 12.3. The van der Waals surface area contributed by atoms with Gasteiger partial charge >= 0.3 is 6.18 Å². The highest BCUT2D eigenvalue weighted by Gasteiger charge is 2.46. The molecule has 21 heavy (non-hydrogen) atoms. The number of rotatable bonds is 4. The van der Waals surface area contributed by atoms with Crippen molar-refractivity contribution in [2.45, 2.75) is 32.0 Å². The molecule has 1 aliphatic carbocycles. The van der Waals surface area contributed by atoms with E-state index >= 15 is 0 Å². The summed E-state index contributed by atoms with van der Waals surface area (Å²) in [5, 5.41) is 2.53. The highest BCUT2D eigenvalue weighted by molar-refractivity contribution is 7.80. The van der Waals surface area contributed by atoms with E-state index in [0.717, 1.165) is 12.5 Å². The number of carbonyl (C=O) groups excluding carboxylic acids is 1. The third kappa shape index (κ3) is 3.02. The summed E-state index contributed by atoms with van der Waals surface area (Å²) in [6.45, 7) is -0.196. The molecule has 1 aromatic rings. The van der Waals surface area contributed by atoms with Crippen molar-refractivity contribution < 1.29 is 18.0 Å². The van der Waals surface area contributed by atoms with Crippen LogP contribution in [0.3, 0.4) is 0 Å². The second kappa shape index (κ2) is 5.63. The second-order valence-electron chi connectivity index (χ2n) is 5.14. The van der Waals surface area contributed by atoms with Gasteiger partial charge in [-0.25, -0.2) is 0 Å². The Kier molecular flexibility index (Phi) is 4.22. The van der Waals surface area contributed by atoms with Crippen LogP contribution in [0.5, 0.6) is 0 Å². The topological polar surface area (TPSA) is 55.1 Å². The summed E-state index contributed by atoms with van der Waals surface area (Å²) in [6.07, 6.45) is -2.51. The summed E-state index contributed by atoms with van der Waals surface area (Å²) in [7, 11) is 0. The molecular weight excluding hydrogens is 301 g/mol. The Morgan fingerprint density at radius 1 is 1.33 bits per heavy atom. The molecular formula is C14H15F3N2OS. The fraction of sp³-hybridized carbons (Fsp3) is 0.429. The number of amides is 1. The molecule has 0 unspecified atom stereocenters. The molecule has 0 heterocycles. The van der Waals surface area contributed by atoms with Gasteiger partial charge in [-0.1, -0.05) is 36.8 Å². The Morgan fingerprint density at radius 2 is 1.95 bits per heavy atom. The van der Waals surface area contributed by atoms with E-state index in [1.807, 2.05) is 0 Å². The van der Waals surface area contributed by atoms with Gasteiger partial charge in [0.15, 0.2) is 0 Å². The van der Waals surface area contributed by atoms with Gasteiger partial charge in [0, 0.05) is 6.54 Å². The van der Waals surface area contributed by atoms with Crippen LogP contribution in [0.25, 0.3) is 0 Å². The zero-order valence-electron chi connectivity index (χ0n) is 11.2. The lowest BCUT2D eigenvalue weighted by atomic mass is 9.68. The van der Waals surface area contributed by atoms with Crippen LogP contribution in [0.1, 0.15) is 30.4 Å². The van der Waals surface area contributed by atoms with Crippen LogP contribution in [0.2, 0.25) is 0 Å². The smallest absolute Gasteiger partial charge is 0.392 e. The lowest BCUT2D eigenvalue weighted by molar-refractivity contribution is -0.139. The average molecular weight is 316 g/mol. The molecule has 1 saturated carbocycles. The van der Waals surface area contributed by atoms with E-state index in [-0.39, 0.29) is 17.1 Å². The summed E-state index contributed by atoms with van der Waals surface area (Å²) in [5.41, 5.74) is 3.98. The van der Waals surface area contributed by atoms with Crippen LogP contribution in [-0.4, -0.2) is 10.9 Å². The molecule has 0 bridgehead atoms. The van der Waals surface area contributed by atoms with Crippen LogP contribution in [0.15, 0.2) is 24.3 Å². The minimum absolute atomic E-state index is 0.0239. The van der Waals surface area contributed by atoms with Gasteiger partial charge in [0.25, 0.3) is 0 Å². The molecule has 7 heteroatoms. The maximum Gasteiger partial charge on any atom is 0.416 e. The van der Waals surface area contributed by atoms with Gasteiger partial charge < -0.3 is 11.1 Å². The van der Waals surface area contributed by atoms with Crippen molar-refractivity contribution in [3.8, 4) is 0 Å². The fourth-order valence-corrected chi connectivity index (χ4v) is 2.71. The molecule has 0 atom stereocenters. The first-order valence-electron chi connectivity index (χ1n) is 6.51. The SMILES string of the molecule is NC(=S)C1(C(=O)NCc2ccccc2C(F)(F)F)CCC1. The van der Waals surface area contributed by atoms with Gasteiger partial charge in [0.05, 0.1) is 16.0 Å². The number of carbonyl (C=O) groups is 1. The number of nitrogens with one attached hydrogen (secondary N) is 1. The summed E-state index contributed by atoms with van der Waals surface area (Å²) in [5.74, 6) is -0.391. The number of benzene rings is 1. The number of hydrogen-bond donors (Lipinski definition) is 2. The van der Waals surface area contributed by atoms with E-state index in [1.165, 1.54) is 18.2 Å². The summed E-state index contributed by atoms with van der Waals surface area (Å²) in [6, 6.07) is 5.16. The molecule has 1 amide bonds.